The topological polar surface area (TPSA) is 70.6 Å². The lowest BCUT2D eigenvalue weighted by molar-refractivity contribution is -0.122. The van der Waals surface area contributed by atoms with Crippen LogP contribution in [0.2, 0.25) is 0 Å². The molecule has 94 valence electrons. The molecule has 2 atom stereocenters. The summed E-state index contributed by atoms with van der Waals surface area (Å²) in [6, 6.07) is 0. The van der Waals surface area contributed by atoms with Crippen LogP contribution in [-0.4, -0.2) is 50.5 Å². The van der Waals surface area contributed by atoms with Crippen molar-refractivity contribution in [1.82, 2.24) is 10.6 Å². The number of hydrogen-bond donors (Lipinski definition) is 3. The highest BCUT2D eigenvalue weighted by molar-refractivity contribution is 5.76. The second-order valence-corrected chi connectivity index (χ2v) is 4.31. The van der Waals surface area contributed by atoms with Crippen LogP contribution >= 0.6 is 0 Å². The smallest absolute Gasteiger partial charge is 0.220 e. The number of ether oxygens (including phenoxy) is 1. The lowest BCUT2D eigenvalue weighted by Crippen LogP contribution is -2.30. The number of nitrogens with one attached hydrogen (secondary N) is 2. The minimum Gasteiger partial charge on any atom is -0.391 e. The standard InChI is InChI=1S/C11H22N2O3/c1-16-8-10(14)3-5-13-11(15)6-9-2-4-12-7-9/h9-10,12,14H,2-8H2,1H3,(H,13,15). The molecule has 5 heteroatoms. The minimum absolute atomic E-state index is 0.0818. The van der Waals surface area contributed by atoms with Crippen molar-refractivity contribution < 1.29 is 14.6 Å². The second kappa shape index (κ2) is 7.60. The van der Waals surface area contributed by atoms with E-state index in [0.29, 0.717) is 31.9 Å². The summed E-state index contributed by atoms with van der Waals surface area (Å²) in [5.41, 5.74) is 0. The van der Waals surface area contributed by atoms with Crippen LogP contribution < -0.4 is 10.6 Å². The summed E-state index contributed by atoms with van der Waals surface area (Å²) >= 11 is 0. The van der Waals surface area contributed by atoms with E-state index in [0.717, 1.165) is 19.5 Å². The normalized spacial score (nSPS) is 22.0. The summed E-state index contributed by atoms with van der Waals surface area (Å²) in [7, 11) is 1.55. The van der Waals surface area contributed by atoms with Crippen molar-refractivity contribution >= 4 is 5.91 Å². The Kier molecular flexibility index (Phi) is 6.37. The number of amides is 1. The van der Waals surface area contributed by atoms with E-state index in [1.165, 1.54) is 0 Å². The van der Waals surface area contributed by atoms with Crippen molar-refractivity contribution in [3.63, 3.8) is 0 Å². The summed E-state index contributed by atoms with van der Waals surface area (Å²) in [6.07, 6.45) is 1.73. The van der Waals surface area contributed by atoms with Gasteiger partial charge in [0.15, 0.2) is 0 Å². The number of aliphatic hydroxyl groups excluding tert-OH is 1. The molecule has 3 N–H and O–H groups in total. The monoisotopic (exact) mass is 230 g/mol. The average molecular weight is 230 g/mol. The lowest BCUT2D eigenvalue weighted by Gasteiger charge is -2.11. The van der Waals surface area contributed by atoms with Crippen molar-refractivity contribution in [2.24, 2.45) is 5.92 Å². The summed E-state index contributed by atoms with van der Waals surface area (Å²) in [5, 5.41) is 15.4. The van der Waals surface area contributed by atoms with Crippen molar-refractivity contribution in [2.75, 3.05) is 33.4 Å². The van der Waals surface area contributed by atoms with Gasteiger partial charge in [-0.1, -0.05) is 0 Å². The van der Waals surface area contributed by atoms with E-state index in [4.69, 9.17) is 4.74 Å². The van der Waals surface area contributed by atoms with E-state index < -0.39 is 6.10 Å². The Labute approximate surface area is 96.6 Å². The van der Waals surface area contributed by atoms with Crippen LogP contribution in [0.4, 0.5) is 0 Å². The lowest BCUT2D eigenvalue weighted by atomic mass is 10.0. The molecule has 0 aromatic heterocycles. The van der Waals surface area contributed by atoms with Crippen molar-refractivity contribution in [2.45, 2.75) is 25.4 Å². The Morgan fingerprint density at radius 1 is 1.69 bits per heavy atom. The number of hydrogen-bond acceptors (Lipinski definition) is 4. The SMILES string of the molecule is COCC(O)CCNC(=O)CC1CCNC1. The van der Waals surface area contributed by atoms with E-state index in [1.807, 2.05) is 0 Å². The molecule has 1 aliphatic rings. The van der Waals surface area contributed by atoms with Crippen LogP contribution in [0.5, 0.6) is 0 Å². The molecular weight excluding hydrogens is 208 g/mol. The van der Waals surface area contributed by atoms with E-state index in [-0.39, 0.29) is 5.91 Å². The van der Waals surface area contributed by atoms with Gasteiger partial charge in [-0.05, 0) is 31.8 Å². The predicted molar refractivity (Wildman–Crippen MR) is 61.1 cm³/mol. The molecule has 0 aliphatic carbocycles. The Hall–Kier alpha value is -0.650. The Bertz CT molecular complexity index is 205. The fourth-order valence-electron chi connectivity index (χ4n) is 1.88. The van der Waals surface area contributed by atoms with Crippen molar-refractivity contribution in [3.05, 3.63) is 0 Å². The Morgan fingerprint density at radius 2 is 2.50 bits per heavy atom. The first-order valence-electron chi connectivity index (χ1n) is 5.86. The molecule has 1 saturated heterocycles. The molecule has 1 heterocycles. The van der Waals surface area contributed by atoms with E-state index >= 15 is 0 Å². The van der Waals surface area contributed by atoms with Gasteiger partial charge in [0.05, 0.1) is 12.7 Å². The number of rotatable bonds is 7. The Balaban J connectivity index is 2.01. The molecule has 0 aromatic rings. The highest BCUT2D eigenvalue weighted by Crippen LogP contribution is 2.11. The van der Waals surface area contributed by atoms with Gasteiger partial charge in [0, 0.05) is 20.1 Å². The number of carbonyl (C=O) groups excluding carboxylic acids is 1. The first-order chi connectivity index (χ1) is 7.72. The third-order valence-corrected chi connectivity index (χ3v) is 2.80. The van der Waals surface area contributed by atoms with Crippen LogP contribution in [0.15, 0.2) is 0 Å². The fourth-order valence-corrected chi connectivity index (χ4v) is 1.88. The first kappa shape index (κ1) is 13.4. The van der Waals surface area contributed by atoms with Gasteiger partial charge in [-0.25, -0.2) is 0 Å². The molecule has 2 unspecified atom stereocenters. The maximum atomic E-state index is 11.5. The second-order valence-electron chi connectivity index (χ2n) is 4.31. The molecular formula is C11H22N2O3. The van der Waals surface area contributed by atoms with Crippen molar-refractivity contribution in [1.29, 1.82) is 0 Å². The zero-order valence-electron chi connectivity index (χ0n) is 9.87. The third kappa shape index (κ3) is 5.44. The van der Waals surface area contributed by atoms with Gasteiger partial charge < -0.3 is 20.5 Å². The van der Waals surface area contributed by atoms with Gasteiger partial charge in [0.2, 0.25) is 5.91 Å². The quantitative estimate of drug-likeness (QED) is 0.551. The number of carbonyl (C=O) groups is 1. The zero-order valence-corrected chi connectivity index (χ0v) is 9.87. The van der Waals surface area contributed by atoms with E-state index in [1.54, 1.807) is 7.11 Å². The maximum absolute atomic E-state index is 11.5. The van der Waals surface area contributed by atoms with Crippen LogP contribution in [0.25, 0.3) is 0 Å². The first-order valence-corrected chi connectivity index (χ1v) is 5.86. The largest absolute Gasteiger partial charge is 0.391 e. The maximum Gasteiger partial charge on any atom is 0.220 e. The van der Waals surface area contributed by atoms with Gasteiger partial charge in [-0.3, -0.25) is 4.79 Å². The highest BCUT2D eigenvalue weighted by atomic mass is 16.5. The van der Waals surface area contributed by atoms with Crippen LogP contribution in [-0.2, 0) is 9.53 Å². The summed E-state index contributed by atoms with van der Waals surface area (Å²) in [5.74, 6) is 0.558. The molecule has 1 fully saturated rings. The van der Waals surface area contributed by atoms with Gasteiger partial charge in [-0.15, -0.1) is 0 Å². The van der Waals surface area contributed by atoms with Gasteiger partial charge in [-0.2, -0.15) is 0 Å². The molecule has 16 heavy (non-hydrogen) atoms. The summed E-state index contributed by atoms with van der Waals surface area (Å²) in [6.45, 7) is 2.80. The Morgan fingerprint density at radius 3 is 3.12 bits per heavy atom. The molecule has 0 bridgehead atoms. The molecule has 1 amide bonds. The molecule has 5 nitrogen and oxygen atoms in total. The molecule has 0 saturated carbocycles. The molecule has 0 spiro atoms. The average Bonchev–Trinajstić information content (AvgIpc) is 2.70. The van der Waals surface area contributed by atoms with Gasteiger partial charge in [0.25, 0.3) is 0 Å². The number of methoxy groups -OCH3 is 1. The third-order valence-electron chi connectivity index (χ3n) is 2.80. The van der Waals surface area contributed by atoms with Gasteiger partial charge in [0.1, 0.15) is 0 Å². The van der Waals surface area contributed by atoms with Crippen LogP contribution in [0, 0.1) is 5.92 Å². The highest BCUT2D eigenvalue weighted by Gasteiger charge is 2.17. The summed E-state index contributed by atoms with van der Waals surface area (Å²) < 4.78 is 4.80. The summed E-state index contributed by atoms with van der Waals surface area (Å²) in [4.78, 5) is 11.5. The molecule has 1 rings (SSSR count). The molecule has 1 aliphatic heterocycles. The van der Waals surface area contributed by atoms with Crippen LogP contribution in [0.1, 0.15) is 19.3 Å². The predicted octanol–water partition coefficient (Wildman–Crippen LogP) is -0.500. The fraction of sp³-hybridized carbons (Fsp3) is 0.909. The molecule has 0 aromatic carbocycles. The van der Waals surface area contributed by atoms with Crippen molar-refractivity contribution in [3.8, 4) is 0 Å². The van der Waals surface area contributed by atoms with E-state index in [2.05, 4.69) is 10.6 Å². The van der Waals surface area contributed by atoms with Gasteiger partial charge >= 0.3 is 0 Å². The van der Waals surface area contributed by atoms with Crippen LogP contribution in [0.3, 0.4) is 0 Å². The van der Waals surface area contributed by atoms with E-state index in [9.17, 15) is 9.90 Å². The minimum atomic E-state index is -0.488. The zero-order chi connectivity index (χ0) is 11.8. The number of aliphatic hydroxyl groups is 1. The molecule has 0 radical (unpaired) electrons.